The Balaban J connectivity index is 0.00000220. The average molecular weight is 319 g/mol. The molecule has 1 fully saturated rings. The van der Waals surface area contributed by atoms with E-state index >= 15 is 0 Å². The van der Waals surface area contributed by atoms with Crippen molar-refractivity contribution in [1.29, 1.82) is 0 Å². The van der Waals surface area contributed by atoms with Crippen LogP contribution in [0.1, 0.15) is 38.3 Å². The molecule has 1 atom stereocenters. The van der Waals surface area contributed by atoms with Crippen LogP contribution in [0.4, 0.5) is 8.78 Å². The summed E-state index contributed by atoms with van der Waals surface area (Å²) in [7, 11) is 0. The van der Waals surface area contributed by atoms with Crippen LogP contribution in [0.15, 0.2) is 18.2 Å². The SMILES string of the molecule is CCNCC1CCN(C(C)c2c(F)cccc2F)CC1.Cl. The zero-order chi connectivity index (χ0) is 14.5. The summed E-state index contributed by atoms with van der Waals surface area (Å²) in [4.78, 5) is 2.18. The monoisotopic (exact) mass is 318 g/mol. The first kappa shape index (κ1) is 18.3. The van der Waals surface area contributed by atoms with Crippen molar-refractivity contribution in [3.63, 3.8) is 0 Å². The molecule has 2 nitrogen and oxygen atoms in total. The number of hydrogen-bond donors (Lipinski definition) is 1. The number of piperidine rings is 1. The van der Waals surface area contributed by atoms with E-state index in [1.54, 1.807) is 0 Å². The molecule has 0 radical (unpaired) electrons. The number of likely N-dealkylation sites (tertiary alicyclic amines) is 1. The molecule has 1 saturated heterocycles. The Bertz CT molecular complexity index is 414. The maximum Gasteiger partial charge on any atom is 0.130 e. The quantitative estimate of drug-likeness (QED) is 0.889. The first-order chi connectivity index (χ1) is 9.63. The Morgan fingerprint density at radius 2 is 1.81 bits per heavy atom. The lowest BCUT2D eigenvalue weighted by atomic mass is 9.94. The number of benzene rings is 1. The molecule has 0 bridgehead atoms. The molecule has 0 aliphatic carbocycles. The van der Waals surface area contributed by atoms with Crippen LogP contribution in [0.3, 0.4) is 0 Å². The molecular weight excluding hydrogens is 294 g/mol. The van der Waals surface area contributed by atoms with Gasteiger partial charge in [0.05, 0.1) is 0 Å². The average Bonchev–Trinajstić information content (AvgIpc) is 2.45. The van der Waals surface area contributed by atoms with Crippen molar-refractivity contribution in [2.24, 2.45) is 5.92 Å². The topological polar surface area (TPSA) is 15.3 Å². The zero-order valence-electron chi connectivity index (χ0n) is 12.7. The van der Waals surface area contributed by atoms with Gasteiger partial charge < -0.3 is 5.32 Å². The smallest absolute Gasteiger partial charge is 0.130 e. The van der Waals surface area contributed by atoms with Gasteiger partial charge in [0.2, 0.25) is 0 Å². The summed E-state index contributed by atoms with van der Waals surface area (Å²) in [5.41, 5.74) is 0.206. The van der Waals surface area contributed by atoms with Gasteiger partial charge in [0.1, 0.15) is 11.6 Å². The van der Waals surface area contributed by atoms with E-state index in [0.717, 1.165) is 39.0 Å². The van der Waals surface area contributed by atoms with E-state index in [-0.39, 0.29) is 24.0 Å². The van der Waals surface area contributed by atoms with Crippen LogP contribution in [0.5, 0.6) is 0 Å². The van der Waals surface area contributed by atoms with Gasteiger partial charge in [0.25, 0.3) is 0 Å². The molecule has 0 aromatic heterocycles. The summed E-state index contributed by atoms with van der Waals surface area (Å²) in [5, 5.41) is 3.37. The van der Waals surface area contributed by atoms with Crippen LogP contribution < -0.4 is 5.32 Å². The highest BCUT2D eigenvalue weighted by molar-refractivity contribution is 5.85. The first-order valence-corrected chi connectivity index (χ1v) is 7.52. The fraction of sp³-hybridized carbons (Fsp3) is 0.625. The van der Waals surface area contributed by atoms with Gasteiger partial charge >= 0.3 is 0 Å². The number of nitrogens with zero attached hydrogens (tertiary/aromatic N) is 1. The van der Waals surface area contributed by atoms with Gasteiger partial charge in [0, 0.05) is 11.6 Å². The third-order valence-electron chi connectivity index (χ3n) is 4.30. The standard InChI is InChI=1S/C16H24F2N2.ClH/c1-3-19-11-13-7-9-20(10-8-13)12(2)16-14(17)5-4-6-15(16)18;/h4-6,12-13,19H,3,7-11H2,1-2H3;1H. The summed E-state index contributed by atoms with van der Waals surface area (Å²) in [5.74, 6) is -0.191. The minimum absolute atomic E-state index is 0. The Kier molecular flexibility index (Phi) is 7.57. The molecule has 0 spiro atoms. The van der Waals surface area contributed by atoms with Gasteiger partial charge in [-0.25, -0.2) is 8.78 Å². The molecule has 1 N–H and O–H groups in total. The fourth-order valence-electron chi connectivity index (χ4n) is 2.99. The second-order valence-electron chi connectivity index (χ2n) is 5.60. The van der Waals surface area contributed by atoms with Crippen LogP contribution in [0, 0.1) is 17.6 Å². The molecule has 1 aromatic carbocycles. The summed E-state index contributed by atoms with van der Waals surface area (Å²) in [6, 6.07) is 3.90. The third-order valence-corrected chi connectivity index (χ3v) is 4.30. The molecule has 5 heteroatoms. The lowest BCUT2D eigenvalue weighted by molar-refractivity contribution is 0.136. The first-order valence-electron chi connectivity index (χ1n) is 7.52. The molecule has 1 heterocycles. The zero-order valence-corrected chi connectivity index (χ0v) is 13.6. The molecule has 1 aliphatic rings. The van der Waals surface area contributed by atoms with Crippen molar-refractivity contribution in [3.8, 4) is 0 Å². The van der Waals surface area contributed by atoms with E-state index in [0.29, 0.717) is 5.92 Å². The van der Waals surface area contributed by atoms with Crippen LogP contribution in [-0.2, 0) is 0 Å². The van der Waals surface area contributed by atoms with Gasteiger partial charge in [-0.05, 0) is 64.0 Å². The number of nitrogens with one attached hydrogen (secondary N) is 1. The molecule has 1 aliphatic heterocycles. The van der Waals surface area contributed by atoms with Crippen molar-refractivity contribution in [3.05, 3.63) is 35.4 Å². The molecule has 2 rings (SSSR count). The van der Waals surface area contributed by atoms with Gasteiger partial charge in [-0.3, -0.25) is 4.90 Å². The van der Waals surface area contributed by atoms with Crippen molar-refractivity contribution < 1.29 is 8.78 Å². The molecule has 1 aromatic rings. The normalized spacial score (nSPS) is 18.3. The summed E-state index contributed by atoms with van der Waals surface area (Å²) < 4.78 is 27.6. The van der Waals surface area contributed by atoms with Gasteiger partial charge in [-0.15, -0.1) is 12.4 Å². The minimum Gasteiger partial charge on any atom is -0.317 e. The third kappa shape index (κ3) is 4.63. The van der Waals surface area contributed by atoms with E-state index in [2.05, 4.69) is 17.1 Å². The van der Waals surface area contributed by atoms with Crippen molar-refractivity contribution >= 4 is 12.4 Å². The van der Waals surface area contributed by atoms with Crippen LogP contribution >= 0.6 is 12.4 Å². The lowest BCUT2D eigenvalue weighted by Crippen LogP contribution is -2.39. The Morgan fingerprint density at radius 1 is 1.24 bits per heavy atom. The van der Waals surface area contributed by atoms with Gasteiger partial charge in [-0.1, -0.05) is 13.0 Å². The number of halogens is 3. The second-order valence-corrected chi connectivity index (χ2v) is 5.60. The van der Waals surface area contributed by atoms with E-state index in [4.69, 9.17) is 0 Å². The molecule has 1 unspecified atom stereocenters. The molecule has 21 heavy (non-hydrogen) atoms. The number of rotatable bonds is 5. The highest BCUT2D eigenvalue weighted by Gasteiger charge is 2.26. The lowest BCUT2D eigenvalue weighted by Gasteiger charge is -2.36. The van der Waals surface area contributed by atoms with E-state index in [9.17, 15) is 8.78 Å². The highest BCUT2D eigenvalue weighted by atomic mass is 35.5. The van der Waals surface area contributed by atoms with Crippen LogP contribution in [-0.4, -0.2) is 31.1 Å². The van der Waals surface area contributed by atoms with Gasteiger partial charge in [0.15, 0.2) is 0 Å². The van der Waals surface area contributed by atoms with Crippen LogP contribution in [0.2, 0.25) is 0 Å². The maximum atomic E-state index is 13.8. The molecule has 0 amide bonds. The van der Waals surface area contributed by atoms with Crippen molar-refractivity contribution in [2.75, 3.05) is 26.2 Å². The summed E-state index contributed by atoms with van der Waals surface area (Å²) in [6.45, 7) is 7.87. The van der Waals surface area contributed by atoms with Crippen molar-refractivity contribution in [1.82, 2.24) is 10.2 Å². The minimum atomic E-state index is -0.438. The van der Waals surface area contributed by atoms with E-state index < -0.39 is 11.6 Å². The molecule has 120 valence electrons. The largest absolute Gasteiger partial charge is 0.317 e. The highest BCUT2D eigenvalue weighted by Crippen LogP contribution is 2.29. The van der Waals surface area contributed by atoms with Crippen LogP contribution in [0.25, 0.3) is 0 Å². The second kappa shape index (κ2) is 8.66. The molecule has 0 saturated carbocycles. The summed E-state index contributed by atoms with van der Waals surface area (Å²) in [6.07, 6.45) is 2.18. The summed E-state index contributed by atoms with van der Waals surface area (Å²) >= 11 is 0. The molecular formula is C16H25ClF2N2. The Hall–Kier alpha value is -0.710. The Labute approximate surface area is 132 Å². The van der Waals surface area contributed by atoms with Crippen molar-refractivity contribution in [2.45, 2.75) is 32.7 Å². The van der Waals surface area contributed by atoms with E-state index in [1.165, 1.54) is 18.2 Å². The maximum absolute atomic E-state index is 13.8. The predicted molar refractivity (Wildman–Crippen MR) is 84.9 cm³/mol. The Morgan fingerprint density at radius 3 is 2.33 bits per heavy atom. The number of hydrogen-bond acceptors (Lipinski definition) is 2. The fourth-order valence-corrected chi connectivity index (χ4v) is 2.99. The van der Waals surface area contributed by atoms with E-state index in [1.807, 2.05) is 6.92 Å². The predicted octanol–water partition coefficient (Wildman–Crippen LogP) is 3.77. The van der Waals surface area contributed by atoms with Gasteiger partial charge in [-0.2, -0.15) is 0 Å².